The number of nitrogens with zero attached hydrogens (tertiary/aromatic N) is 1. The van der Waals surface area contributed by atoms with Gasteiger partial charge in [0.25, 0.3) is 5.91 Å². The Morgan fingerprint density at radius 1 is 0.900 bits per heavy atom. The molecule has 0 aliphatic carbocycles. The molecular formula is C25H27N3O2. The van der Waals surface area contributed by atoms with Gasteiger partial charge in [-0.15, -0.1) is 0 Å². The summed E-state index contributed by atoms with van der Waals surface area (Å²) in [5.41, 5.74) is 3.75. The molecule has 4 rings (SSSR count). The highest BCUT2D eigenvalue weighted by Gasteiger charge is 2.21. The number of nitrogens with one attached hydrogen (secondary N) is 2. The van der Waals surface area contributed by atoms with Crippen molar-refractivity contribution in [2.45, 2.75) is 18.9 Å². The maximum absolute atomic E-state index is 13.2. The Balaban J connectivity index is 1.53. The highest BCUT2D eigenvalue weighted by molar-refractivity contribution is 5.97. The van der Waals surface area contributed by atoms with E-state index in [9.17, 15) is 4.79 Å². The van der Waals surface area contributed by atoms with E-state index in [0.717, 1.165) is 24.3 Å². The van der Waals surface area contributed by atoms with Gasteiger partial charge in [-0.3, -0.25) is 4.79 Å². The van der Waals surface area contributed by atoms with E-state index in [1.54, 1.807) is 7.11 Å². The molecule has 1 aliphatic heterocycles. The minimum absolute atomic E-state index is 0.127. The Bertz CT molecular complexity index is 967. The minimum atomic E-state index is -0.518. The molecule has 0 spiro atoms. The van der Waals surface area contributed by atoms with Crippen molar-refractivity contribution in [1.29, 1.82) is 0 Å². The third kappa shape index (κ3) is 4.74. The van der Waals surface area contributed by atoms with Gasteiger partial charge in [0.2, 0.25) is 0 Å². The number of benzene rings is 3. The minimum Gasteiger partial charge on any atom is -0.497 e. The standard InChI is InChI=1S/C25H27N3O2/c1-30-23-11-7-10-21(18-23)27-25(29)24(19-8-3-2-4-9-19)26-20-12-14-22(15-13-20)28-16-5-6-17-28/h2-4,7-15,18,24,26H,5-6,16-17H2,1H3,(H,27,29)/t24-/m1/s1. The number of rotatable bonds is 7. The topological polar surface area (TPSA) is 53.6 Å². The van der Waals surface area contributed by atoms with Crippen molar-refractivity contribution in [3.63, 3.8) is 0 Å². The molecule has 30 heavy (non-hydrogen) atoms. The first-order valence-electron chi connectivity index (χ1n) is 10.3. The molecule has 1 fully saturated rings. The molecule has 1 heterocycles. The lowest BCUT2D eigenvalue weighted by Gasteiger charge is -2.22. The number of amides is 1. The van der Waals surface area contributed by atoms with Gasteiger partial charge in [0.05, 0.1) is 7.11 Å². The molecular weight excluding hydrogens is 374 g/mol. The van der Waals surface area contributed by atoms with E-state index >= 15 is 0 Å². The Morgan fingerprint density at radius 2 is 1.63 bits per heavy atom. The quantitative estimate of drug-likeness (QED) is 0.579. The second kappa shape index (κ2) is 9.35. The van der Waals surface area contributed by atoms with Crippen LogP contribution in [0.1, 0.15) is 24.4 Å². The fourth-order valence-corrected chi connectivity index (χ4v) is 3.77. The van der Waals surface area contributed by atoms with Crippen LogP contribution in [0.4, 0.5) is 17.1 Å². The first-order valence-corrected chi connectivity index (χ1v) is 10.3. The number of carbonyl (C=O) groups is 1. The van der Waals surface area contributed by atoms with Crippen molar-refractivity contribution in [2.75, 3.05) is 35.7 Å². The van der Waals surface area contributed by atoms with Crippen molar-refractivity contribution >= 4 is 23.0 Å². The van der Waals surface area contributed by atoms with Gasteiger partial charge >= 0.3 is 0 Å². The van der Waals surface area contributed by atoms with Crippen molar-refractivity contribution < 1.29 is 9.53 Å². The van der Waals surface area contributed by atoms with E-state index in [1.165, 1.54) is 18.5 Å². The summed E-state index contributed by atoms with van der Waals surface area (Å²) in [4.78, 5) is 15.6. The zero-order valence-corrected chi connectivity index (χ0v) is 17.2. The molecule has 3 aromatic rings. The van der Waals surface area contributed by atoms with Gasteiger partial charge in [0, 0.05) is 36.2 Å². The number of anilines is 3. The van der Waals surface area contributed by atoms with Crippen molar-refractivity contribution in [3.05, 3.63) is 84.4 Å². The zero-order chi connectivity index (χ0) is 20.8. The van der Waals surface area contributed by atoms with E-state index in [2.05, 4.69) is 27.7 Å². The van der Waals surface area contributed by atoms with Gasteiger partial charge in [-0.25, -0.2) is 0 Å². The van der Waals surface area contributed by atoms with Crippen LogP contribution in [0, 0.1) is 0 Å². The number of ether oxygens (including phenoxy) is 1. The molecule has 1 amide bonds. The Kier molecular flexibility index (Phi) is 6.18. The molecule has 0 bridgehead atoms. The molecule has 0 saturated carbocycles. The lowest BCUT2D eigenvalue weighted by atomic mass is 10.1. The van der Waals surface area contributed by atoms with E-state index < -0.39 is 6.04 Å². The van der Waals surface area contributed by atoms with Crippen LogP contribution in [0.25, 0.3) is 0 Å². The van der Waals surface area contributed by atoms with Gasteiger partial charge < -0.3 is 20.3 Å². The average molecular weight is 402 g/mol. The van der Waals surface area contributed by atoms with Gasteiger partial charge in [-0.05, 0) is 54.8 Å². The van der Waals surface area contributed by atoms with Gasteiger partial charge in [0.1, 0.15) is 11.8 Å². The summed E-state index contributed by atoms with van der Waals surface area (Å²) < 4.78 is 5.26. The van der Waals surface area contributed by atoms with Gasteiger partial charge in [-0.2, -0.15) is 0 Å². The van der Waals surface area contributed by atoms with Crippen LogP contribution in [-0.4, -0.2) is 26.1 Å². The summed E-state index contributed by atoms with van der Waals surface area (Å²) in [5, 5.41) is 6.40. The van der Waals surface area contributed by atoms with E-state index in [4.69, 9.17) is 4.74 Å². The summed E-state index contributed by atoms with van der Waals surface area (Å²) >= 11 is 0. The molecule has 1 saturated heterocycles. The Morgan fingerprint density at radius 3 is 2.33 bits per heavy atom. The SMILES string of the molecule is COc1cccc(NC(=O)[C@H](Nc2ccc(N3CCCC3)cc2)c2ccccc2)c1. The fourth-order valence-electron chi connectivity index (χ4n) is 3.77. The van der Waals surface area contributed by atoms with Gasteiger partial charge in [0.15, 0.2) is 0 Å². The van der Waals surface area contributed by atoms with Crippen LogP contribution < -0.4 is 20.3 Å². The highest BCUT2D eigenvalue weighted by atomic mass is 16.5. The molecule has 0 unspecified atom stereocenters. The molecule has 3 aromatic carbocycles. The molecule has 5 heteroatoms. The average Bonchev–Trinajstić information content (AvgIpc) is 3.33. The summed E-state index contributed by atoms with van der Waals surface area (Å²) in [6.45, 7) is 2.23. The number of carbonyl (C=O) groups excluding carboxylic acids is 1. The molecule has 5 nitrogen and oxygen atoms in total. The second-order valence-electron chi connectivity index (χ2n) is 7.45. The number of methoxy groups -OCH3 is 1. The molecule has 154 valence electrons. The van der Waals surface area contributed by atoms with Crippen LogP contribution >= 0.6 is 0 Å². The smallest absolute Gasteiger partial charge is 0.251 e. The Labute approximate surface area is 177 Å². The second-order valence-corrected chi connectivity index (χ2v) is 7.45. The largest absolute Gasteiger partial charge is 0.497 e. The number of hydrogen-bond donors (Lipinski definition) is 2. The predicted octanol–water partition coefficient (Wildman–Crippen LogP) is 5.09. The lowest BCUT2D eigenvalue weighted by molar-refractivity contribution is -0.117. The third-order valence-electron chi connectivity index (χ3n) is 5.38. The van der Waals surface area contributed by atoms with Crippen LogP contribution in [0.5, 0.6) is 5.75 Å². The van der Waals surface area contributed by atoms with E-state index in [-0.39, 0.29) is 5.91 Å². The normalized spacial score (nSPS) is 14.2. The van der Waals surface area contributed by atoms with Crippen LogP contribution in [0.3, 0.4) is 0 Å². The molecule has 0 radical (unpaired) electrons. The summed E-state index contributed by atoms with van der Waals surface area (Å²) in [6, 6.07) is 24.9. The van der Waals surface area contributed by atoms with E-state index in [0.29, 0.717) is 11.4 Å². The predicted molar refractivity (Wildman–Crippen MR) is 122 cm³/mol. The van der Waals surface area contributed by atoms with Gasteiger partial charge in [-0.1, -0.05) is 36.4 Å². The summed E-state index contributed by atoms with van der Waals surface area (Å²) in [7, 11) is 1.61. The van der Waals surface area contributed by atoms with Crippen LogP contribution in [-0.2, 0) is 4.79 Å². The first-order chi connectivity index (χ1) is 14.7. The van der Waals surface area contributed by atoms with Crippen LogP contribution in [0.15, 0.2) is 78.9 Å². The van der Waals surface area contributed by atoms with E-state index in [1.807, 2.05) is 66.7 Å². The molecule has 1 aliphatic rings. The van der Waals surface area contributed by atoms with Crippen molar-refractivity contribution in [3.8, 4) is 5.75 Å². The molecule has 0 aromatic heterocycles. The maximum atomic E-state index is 13.2. The summed E-state index contributed by atoms with van der Waals surface area (Å²) in [6.07, 6.45) is 2.50. The van der Waals surface area contributed by atoms with Crippen LogP contribution in [0.2, 0.25) is 0 Å². The Hall–Kier alpha value is -3.47. The fraction of sp³-hybridized carbons (Fsp3) is 0.240. The third-order valence-corrected chi connectivity index (χ3v) is 5.38. The molecule has 1 atom stereocenters. The van der Waals surface area contributed by atoms with Crippen molar-refractivity contribution in [1.82, 2.24) is 0 Å². The summed E-state index contributed by atoms with van der Waals surface area (Å²) in [5.74, 6) is 0.576. The number of hydrogen-bond acceptors (Lipinski definition) is 4. The molecule has 2 N–H and O–H groups in total. The highest BCUT2D eigenvalue weighted by Crippen LogP contribution is 2.26. The maximum Gasteiger partial charge on any atom is 0.251 e. The monoisotopic (exact) mass is 401 g/mol. The van der Waals surface area contributed by atoms with Crippen molar-refractivity contribution in [2.24, 2.45) is 0 Å². The lowest BCUT2D eigenvalue weighted by Crippen LogP contribution is -2.27. The first kappa shape index (κ1) is 19.8. The zero-order valence-electron chi connectivity index (χ0n) is 17.2.